The van der Waals surface area contributed by atoms with E-state index in [-0.39, 0.29) is 31.0 Å². The van der Waals surface area contributed by atoms with Crippen molar-refractivity contribution in [2.45, 2.75) is 33.7 Å². The van der Waals surface area contributed by atoms with Crippen molar-refractivity contribution < 1.29 is 14.3 Å². The number of hydrogen-bond acceptors (Lipinski definition) is 6. The Bertz CT molecular complexity index is 1040. The minimum absolute atomic E-state index is 0.0235. The van der Waals surface area contributed by atoms with Crippen LogP contribution in [0, 0.1) is 24.2 Å². The van der Waals surface area contributed by atoms with Gasteiger partial charge in [-0.2, -0.15) is 0 Å². The van der Waals surface area contributed by atoms with Gasteiger partial charge in [0.1, 0.15) is 12.4 Å². The molecule has 0 heterocycles. The molecule has 0 spiro atoms. The Hall–Kier alpha value is -3.83. The number of rotatable bonds is 10. The summed E-state index contributed by atoms with van der Waals surface area (Å²) in [6, 6.07) is 12.7. The summed E-state index contributed by atoms with van der Waals surface area (Å²) >= 11 is 0. The first kappa shape index (κ1) is 25.4. The number of nitrogen functional groups attached to an aromatic ring is 1. The molecule has 0 unspecified atom stereocenters. The average Bonchev–Trinajstić information content (AvgIpc) is 2.78. The van der Waals surface area contributed by atoms with Crippen LogP contribution < -0.4 is 16.1 Å². The molecule has 8 heteroatoms. The molecule has 174 valence electrons. The number of aryl methyl sites for hydroxylation is 1. The maximum absolute atomic E-state index is 12.0. The zero-order chi connectivity index (χ0) is 24.4. The lowest BCUT2D eigenvalue weighted by molar-refractivity contribution is -0.145. The Morgan fingerprint density at radius 2 is 1.94 bits per heavy atom. The fraction of sp³-hybridized carbons (Fsp3) is 0.320. The van der Waals surface area contributed by atoms with Gasteiger partial charge in [-0.1, -0.05) is 11.8 Å². The van der Waals surface area contributed by atoms with Gasteiger partial charge in [0.2, 0.25) is 6.41 Å². The number of nitrogens with one attached hydrogen (secondary N) is 2. The molecule has 4 N–H and O–H groups in total. The number of hydrazine groups is 1. The number of carbonyl (C=O) groups excluding carboxylic acids is 2. The number of esters is 1. The SMILES string of the molecule is CCOC(=O)CN(C(C)C)N(C=O)c1ccc(C#CCNc2ccc(C(=N)N)cc2)cc1C. The number of hydrogen-bond donors (Lipinski definition) is 3. The van der Waals surface area contributed by atoms with Crippen LogP contribution >= 0.6 is 0 Å². The van der Waals surface area contributed by atoms with Crippen LogP contribution in [0.15, 0.2) is 42.5 Å². The van der Waals surface area contributed by atoms with Crippen molar-refractivity contribution in [3.8, 4) is 11.8 Å². The highest BCUT2D eigenvalue weighted by molar-refractivity contribution is 5.95. The summed E-state index contributed by atoms with van der Waals surface area (Å²) in [5.41, 5.74) is 9.37. The van der Waals surface area contributed by atoms with Crippen LogP contribution in [0.1, 0.15) is 37.5 Å². The van der Waals surface area contributed by atoms with Gasteiger partial charge in [-0.15, -0.1) is 0 Å². The molecule has 0 radical (unpaired) electrons. The van der Waals surface area contributed by atoms with E-state index >= 15 is 0 Å². The lowest BCUT2D eigenvalue weighted by Gasteiger charge is -2.35. The minimum Gasteiger partial charge on any atom is -0.465 e. The smallest absolute Gasteiger partial charge is 0.322 e. The van der Waals surface area contributed by atoms with Gasteiger partial charge in [-0.3, -0.25) is 15.0 Å². The van der Waals surface area contributed by atoms with E-state index in [9.17, 15) is 9.59 Å². The number of nitrogens with zero attached hydrogens (tertiary/aromatic N) is 2. The fourth-order valence-corrected chi connectivity index (χ4v) is 3.15. The van der Waals surface area contributed by atoms with E-state index in [4.69, 9.17) is 15.9 Å². The number of carbonyl (C=O) groups is 2. The van der Waals surface area contributed by atoms with E-state index in [2.05, 4.69) is 17.2 Å². The molecule has 0 saturated heterocycles. The Morgan fingerprint density at radius 3 is 2.48 bits per heavy atom. The van der Waals surface area contributed by atoms with Crippen LogP contribution in [0.25, 0.3) is 0 Å². The zero-order valence-electron chi connectivity index (χ0n) is 19.5. The van der Waals surface area contributed by atoms with Crippen molar-refractivity contribution in [1.29, 1.82) is 5.41 Å². The van der Waals surface area contributed by atoms with Gasteiger partial charge < -0.3 is 15.8 Å². The molecular weight excluding hydrogens is 418 g/mol. The van der Waals surface area contributed by atoms with Crippen molar-refractivity contribution in [3.63, 3.8) is 0 Å². The largest absolute Gasteiger partial charge is 0.465 e. The first-order chi connectivity index (χ1) is 15.8. The van der Waals surface area contributed by atoms with Crippen molar-refractivity contribution in [2.24, 2.45) is 5.73 Å². The molecule has 2 rings (SSSR count). The van der Waals surface area contributed by atoms with Gasteiger partial charge in [0.25, 0.3) is 0 Å². The van der Waals surface area contributed by atoms with E-state index < -0.39 is 0 Å². The second-order valence-corrected chi connectivity index (χ2v) is 7.59. The van der Waals surface area contributed by atoms with Gasteiger partial charge in [-0.25, -0.2) is 10.0 Å². The highest BCUT2D eigenvalue weighted by atomic mass is 16.5. The summed E-state index contributed by atoms with van der Waals surface area (Å²) in [7, 11) is 0. The van der Waals surface area contributed by atoms with Gasteiger partial charge in [-0.05, 0) is 75.7 Å². The van der Waals surface area contributed by atoms with E-state index in [1.807, 2.05) is 51.1 Å². The van der Waals surface area contributed by atoms with Crippen LogP contribution in [0.4, 0.5) is 11.4 Å². The Labute approximate surface area is 195 Å². The van der Waals surface area contributed by atoms with Crippen LogP contribution in [-0.4, -0.2) is 49.0 Å². The topological polar surface area (TPSA) is 112 Å². The lowest BCUT2D eigenvalue weighted by Crippen LogP contribution is -2.49. The molecule has 0 atom stereocenters. The third-order valence-electron chi connectivity index (χ3n) is 4.82. The summed E-state index contributed by atoms with van der Waals surface area (Å²) < 4.78 is 5.04. The summed E-state index contributed by atoms with van der Waals surface area (Å²) in [5.74, 6) is 5.83. The maximum Gasteiger partial charge on any atom is 0.322 e. The monoisotopic (exact) mass is 449 g/mol. The molecule has 1 amide bonds. The molecule has 8 nitrogen and oxygen atoms in total. The normalized spacial score (nSPS) is 10.4. The number of anilines is 2. The molecule has 0 fully saturated rings. The van der Waals surface area contributed by atoms with Gasteiger partial charge in [0.15, 0.2) is 0 Å². The summed E-state index contributed by atoms with van der Waals surface area (Å²) in [4.78, 5) is 23.9. The first-order valence-corrected chi connectivity index (χ1v) is 10.7. The fourth-order valence-electron chi connectivity index (χ4n) is 3.15. The molecule has 2 aromatic rings. The predicted molar refractivity (Wildman–Crippen MR) is 131 cm³/mol. The molecule has 2 aromatic carbocycles. The molecule has 0 aromatic heterocycles. The Kier molecular flexibility index (Phi) is 9.45. The molecule has 0 saturated carbocycles. The van der Waals surface area contributed by atoms with Crippen molar-refractivity contribution in [1.82, 2.24) is 5.01 Å². The third kappa shape index (κ3) is 7.37. The molecular formula is C25H31N5O3. The molecule has 0 aliphatic heterocycles. The Balaban J connectivity index is 2.09. The van der Waals surface area contributed by atoms with Gasteiger partial charge >= 0.3 is 5.97 Å². The number of nitrogens with two attached hydrogens (primary N) is 1. The number of ether oxygens (including phenoxy) is 1. The van der Waals surface area contributed by atoms with Crippen molar-refractivity contribution >= 4 is 29.6 Å². The first-order valence-electron chi connectivity index (χ1n) is 10.7. The second-order valence-electron chi connectivity index (χ2n) is 7.59. The Morgan fingerprint density at radius 1 is 1.24 bits per heavy atom. The van der Waals surface area contributed by atoms with Gasteiger partial charge in [0, 0.05) is 22.9 Å². The zero-order valence-corrected chi connectivity index (χ0v) is 19.5. The van der Waals surface area contributed by atoms with Gasteiger partial charge in [0.05, 0.1) is 18.8 Å². The van der Waals surface area contributed by atoms with E-state index in [0.29, 0.717) is 24.2 Å². The summed E-state index contributed by atoms with van der Waals surface area (Å²) in [6.45, 7) is 8.17. The summed E-state index contributed by atoms with van der Waals surface area (Å²) in [6.07, 6.45) is 0.703. The predicted octanol–water partition coefficient (Wildman–Crippen LogP) is 2.89. The molecule has 33 heavy (non-hydrogen) atoms. The molecule has 0 aliphatic carbocycles. The van der Waals surface area contributed by atoms with Crippen LogP contribution in [0.5, 0.6) is 0 Å². The highest BCUT2D eigenvalue weighted by Crippen LogP contribution is 2.23. The molecule has 0 bridgehead atoms. The average molecular weight is 450 g/mol. The van der Waals surface area contributed by atoms with Crippen molar-refractivity contribution in [2.75, 3.05) is 30.0 Å². The third-order valence-corrected chi connectivity index (χ3v) is 4.82. The van der Waals surface area contributed by atoms with Crippen LogP contribution in [0.2, 0.25) is 0 Å². The van der Waals surface area contributed by atoms with E-state index in [1.54, 1.807) is 24.1 Å². The maximum atomic E-state index is 12.0. The standard InChI is InChI=1S/C25H31N5O3/c1-5-33-24(32)16-29(18(2)3)30(17-31)23-13-8-20(15-19(23)4)7-6-14-28-22-11-9-21(10-12-22)25(26)27/h8-13,15,17-18,28H,5,14,16H2,1-4H3,(H3,26,27). The lowest BCUT2D eigenvalue weighted by atomic mass is 10.1. The van der Waals surface area contributed by atoms with E-state index in [0.717, 1.165) is 16.8 Å². The minimum atomic E-state index is -0.387. The van der Waals surface area contributed by atoms with E-state index in [1.165, 1.54) is 5.01 Å². The number of amides is 1. The number of benzene rings is 2. The quantitative estimate of drug-likeness (QED) is 0.128. The second kappa shape index (κ2) is 12.3. The molecule has 0 aliphatic rings. The summed E-state index contributed by atoms with van der Waals surface area (Å²) in [5, 5.41) is 13.7. The van der Waals surface area contributed by atoms with Crippen LogP contribution in [0.3, 0.4) is 0 Å². The highest BCUT2D eigenvalue weighted by Gasteiger charge is 2.23. The van der Waals surface area contributed by atoms with Crippen LogP contribution in [-0.2, 0) is 14.3 Å². The van der Waals surface area contributed by atoms with Crippen molar-refractivity contribution in [3.05, 3.63) is 59.2 Å². The number of amidine groups is 1.